The van der Waals surface area contributed by atoms with Gasteiger partial charge in [0.05, 0.1) is 50.4 Å². The molecule has 4 aromatic rings. The predicted octanol–water partition coefficient (Wildman–Crippen LogP) is 3.20. The first-order valence-electron chi connectivity index (χ1n) is 17.0. The Morgan fingerprint density at radius 3 is 2.23 bits per heavy atom. The summed E-state index contributed by atoms with van der Waals surface area (Å²) in [6.45, 7) is 6.64. The van der Waals surface area contributed by atoms with Crippen LogP contribution in [0.25, 0.3) is 11.0 Å². The van der Waals surface area contributed by atoms with Gasteiger partial charge in [-0.15, -0.1) is 0 Å². The number of aryl methyl sites for hydroxylation is 2. The molecule has 52 heavy (non-hydrogen) atoms. The Labute approximate surface area is 298 Å². The average Bonchev–Trinajstić information content (AvgIpc) is 3.38. The maximum absolute atomic E-state index is 14.5. The number of phenols is 1. The number of ketones is 2. The number of ether oxygens (including phenoxy) is 3. The van der Waals surface area contributed by atoms with E-state index in [2.05, 4.69) is 4.98 Å². The van der Waals surface area contributed by atoms with Crippen LogP contribution in [0.4, 0.5) is 0 Å². The van der Waals surface area contributed by atoms with E-state index in [1.54, 1.807) is 59.0 Å². The van der Waals surface area contributed by atoms with Crippen LogP contribution in [0.1, 0.15) is 57.3 Å². The monoisotopic (exact) mass is 711 g/mol. The molecule has 4 atom stereocenters. The second-order valence-electron chi connectivity index (χ2n) is 14.2. The van der Waals surface area contributed by atoms with Gasteiger partial charge in [-0.1, -0.05) is 26.0 Å². The minimum atomic E-state index is -1.37. The predicted molar refractivity (Wildman–Crippen MR) is 190 cm³/mol. The van der Waals surface area contributed by atoms with Gasteiger partial charge in [0.15, 0.2) is 23.1 Å². The summed E-state index contributed by atoms with van der Waals surface area (Å²) >= 11 is 0. The molecule has 0 unspecified atom stereocenters. The third-order valence-electron chi connectivity index (χ3n) is 12.0. The number of rotatable bonds is 7. The number of hydrogen-bond acceptors (Lipinski definition) is 10. The van der Waals surface area contributed by atoms with Crippen molar-refractivity contribution in [3.8, 4) is 23.0 Å². The van der Waals surface area contributed by atoms with Gasteiger partial charge in [-0.3, -0.25) is 14.4 Å². The van der Waals surface area contributed by atoms with Crippen molar-refractivity contribution >= 4 is 22.6 Å². The first-order chi connectivity index (χ1) is 24.7. The number of carbonyl (C=O) groups excluding carboxylic acids is 2. The van der Waals surface area contributed by atoms with Crippen molar-refractivity contribution in [1.29, 1.82) is 0 Å². The lowest BCUT2D eigenvalue weighted by Gasteiger charge is -2.58. The van der Waals surface area contributed by atoms with Crippen molar-refractivity contribution in [3.63, 3.8) is 0 Å². The fourth-order valence-corrected chi connectivity index (χ4v) is 8.84. The zero-order valence-electron chi connectivity index (χ0n) is 30.4. The van der Waals surface area contributed by atoms with Crippen LogP contribution in [0, 0.1) is 10.8 Å². The Morgan fingerprint density at radius 1 is 0.904 bits per heavy atom. The van der Waals surface area contributed by atoms with Gasteiger partial charge in [-0.25, -0.2) is 28.5 Å². The van der Waals surface area contributed by atoms with Gasteiger partial charge in [-0.2, -0.15) is 0 Å². The second-order valence-corrected chi connectivity index (χ2v) is 14.2. The summed E-state index contributed by atoms with van der Waals surface area (Å²) in [7, 11) is 6.06. The highest BCUT2D eigenvalue weighted by atomic mass is 16.5. The maximum Gasteiger partial charge on any atom is 0.347 e. The van der Waals surface area contributed by atoms with Crippen LogP contribution in [0.2, 0.25) is 0 Å². The van der Waals surface area contributed by atoms with Gasteiger partial charge in [-0.05, 0) is 49.1 Å². The third kappa shape index (κ3) is 4.48. The van der Waals surface area contributed by atoms with Crippen LogP contribution in [-0.2, 0) is 36.1 Å². The first kappa shape index (κ1) is 34.8. The largest absolute Gasteiger partial charge is 0.508 e. The van der Waals surface area contributed by atoms with E-state index in [4.69, 9.17) is 14.2 Å². The Kier molecular flexibility index (Phi) is 8.00. The third-order valence-corrected chi connectivity index (χ3v) is 12.0. The van der Waals surface area contributed by atoms with Gasteiger partial charge in [0, 0.05) is 49.0 Å². The Bertz CT molecular complexity index is 2480. The standard InChI is InChI=1S/C38H41N5O9/c1-19-20(2)33(46)38(4)31(30-26(44)10-9-11-27(30)50-6)21-12-15-42-35(48)41(36(49)43(42)25(21)18-37(38,3)32(19)45)14-13-22-34(47)40(5)24-17-29(52-8)28(51-7)16-23(24)39-22/h9-12,16-17,25,31,44H,13-15,18H2,1-8H3/t25-,31-,37+,38-/m1/s1. The lowest BCUT2D eigenvalue weighted by Crippen LogP contribution is -2.61. The fourth-order valence-electron chi connectivity index (χ4n) is 8.84. The average molecular weight is 712 g/mol. The van der Waals surface area contributed by atoms with Gasteiger partial charge < -0.3 is 23.9 Å². The molecule has 14 nitrogen and oxygen atoms in total. The molecule has 0 amide bonds. The van der Waals surface area contributed by atoms with E-state index in [0.29, 0.717) is 50.6 Å². The number of aromatic nitrogens is 5. The Morgan fingerprint density at radius 2 is 1.56 bits per heavy atom. The van der Waals surface area contributed by atoms with Crippen molar-refractivity contribution in [2.24, 2.45) is 17.9 Å². The molecular weight excluding hydrogens is 670 g/mol. The van der Waals surface area contributed by atoms with Crippen LogP contribution in [-0.4, -0.2) is 61.5 Å². The van der Waals surface area contributed by atoms with Gasteiger partial charge in [0.1, 0.15) is 17.2 Å². The normalized spacial score (nSPS) is 24.0. The van der Waals surface area contributed by atoms with Crippen molar-refractivity contribution in [3.05, 3.63) is 95.7 Å². The summed E-state index contributed by atoms with van der Waals surface area (Å²) in [5, 5.41) is 11.4. The number of nitrogens with zero attached hydrogens (tertiary/aromatic N) is 5. The van der Waals surface area contributed by atoms with Crippen molar-refractivity contribution in [2.75, 3.05) is 21.3 Å². The molecule has 272 valence electrons. The molecule has 2 aromatic heterocycles. The number of aromatic hydroxyl groups is 1. The van der Waals surface area contributed by atoms with Crippen molar-refractivity contribution < 1.29 is 28.9 Å². The smallest absolute Gasteiger partial charge is 0.347 e. The summed E-state index contributed by atoms with van der Waals surface area (Å²) in [5.74, 6) is -0.264. The molecule has 7 rings (SSSR count). The highest BCUT2D eigenvalue weighted by molar-refractivity contribution is 6.17. The summed E-state index contributed by atoms with van der Waals surface area (Å²) in [6, 6.07) is 7.32. The number of carbonyl (C=O) groups is 2. The molecule has 3 aliphatic rings. The molecule has 0 bridgehead atoms. The number of benzene rings is 2. The number of phenolic OH excluding ortho intramolecular Hbond substituents is 1. The molecule has 1 fully saturated rings. The van der Waals surface area contributed by atoms with Crippen LogP contribution < -0.4 is 31.1 Å². The highest BCUT2D eigenvalue weighted by Gasteiger charge is 2.67. The molecule has 1 aliphatic heterocycles. The number of methoxy groups -OCH3 is 3. The second kappa shape index (κ2) is 12.0. The molecule has 1 saturated carbocycles. The van der Waals surface area contributed by atoms with E-state index < -0.39 is 34.2 Å². The molecule has 2 aliphatic carbocycles. The van der Waals surface area contributed by atoms with Crippen LogP contribution >= 0.6 is 0 Å². The van der Waals surface area contributed by atoms with Gasteiger partial charge in [0.25, 0.3) is 5.56 Å². The Balaban J connectivity index is 1.35. The zero-order valence-corrected chi connectivity index (χ0v) is 30.4. The lowest BCUT2D eigenvalue weighted by atomic mass is 9.43. The molecule has 3 heterocycles. The van der Waals surface area contributed by atoms with E-state index in [0.717, 1.165) is 4.57 Å². The minimum Gasteiger partial charge on any atom is -0.508 e. The van der Waals surface area contributed by atoms with Crippen LogP contribution in [0.15, 0.2) is 67.5 Å². The quantitative estimate of drug-likeness (QED) is 0.282. The van der Waals surface area contributed by atoms with Gasteiger partial charge >= 0.3 is 11.4 Å². The maximum atomic E-state index is 14.5. The number of Topliss-reactive ketones (excluding diaryl/α,β-unsaturated/α-hetero) is 2. The van der Waals surface area contributed by atoms with Crippen LogP contribution in [0.3, 0.4) is 0 Å². The first-order valence-corrected chi connectivity index (χ1v) is 17.0. The molecular formula is C38H41N5O9. The van der Waals surface area contributed by atoms with E-state index in [-0.39, 0.29) is 54.5 Å². The van der Waals surface area contributed by atoms with E-state index in [9.17, 15) is 29.1 Å². The minimum absolute atomic E-state index is 0.000282. The summed E-state index contributed by atoms with van der Waals surface area (Å²) in [4.78, 5) is 75.1. The topological polar surface area (TPSA) is 166 Å². The van der Waals surface area contributed by atoms with E-state index in [1.165, 1.54) is 41.3 Å². The summed E-state index contributed by atoms with van der Waals surface area (Å²) < 4.78 is 21.7. The summed E-state index contributed by atoms with van der Waals surface area (Å²) in [6.07, 6.45) is 1.85. The number of allylic oxidation sites excluding steroid dienone is 4. The fraction of sp³-hybridized carbons (Fsp3) is 0.421. The van der Waals surface area contributed by atoms with E-state index in [1.807, 2.05) is 6.08 Å². The lowest BCUT2D eigenvalue weighted by molar-refractivity contribution is -0.151. The summed E-state index contributed by atoms with van der Waals surface area (Å²) in [5.41, 5.74) is -1.51. The van der Waals surface area contributed by atoms with Crippen molar-refractivity contribution in [2.45, 2.75) is 65.6 Å². The highest BCUT2D eigenvalue weighted by Crippen LogP contribution is 2.67. The molecule has 0 radical (unpaired) electrons. The van der Waals surface area contributed by atoms with Gasteiger partial charge in [0.2, 0.25) is 0 Å². The SMILES string of the molecule is COc1cc2nc(CCn3c(=O)n4n(c3=O)[C@@H]3C[C@@]5(C)C(=O)C(C)=C(C)C(=O)[C@@]5(C)[C@@H](c5c(O)cccc5OC)C3=CC4)c(=O)n(C)c2cc1OC. The zero-order chi connectivity index (χ0) is 37.6. The number of fused-ring (bicyclic) bond motifs is 5. The molecule has 1 N–H and O–H groups in total. The Hall–Kier alpha value is -5.66. The molecule has 2 aromatic carbocycles. The number of hydrogen-bond donors (Lipinski definition) is 1. The molecule has 14 heteroatoms. The van der Waals surface area contributed by atoms with Crippen LogP contribution in [0.5, 0.6) is 23.0 Å². The van der Waals surface area contributed by atoms with Crippen molar-refractivity contribution in [1.82, 2.24) is 23.5 Å². The van der Waals surface area contributed by atoms with E-state index >= 15 is 0 Å². The molecule has 0 saturated heterocycles. The molecule has 0 spiro atoms.